The lowest BCUT2D eigenvalue weighted by Gasteiger charge is -2.18. The first-order valence-corrected chi connectivity index (χ1v) is 8.77. The molecule has 0 saturated heterocycles. The Morgan fingerprint density at radius 2 is 2.04 bits per heavy atom. The van der Waals surface area contributed by atoms with E-state index in [-0.39, 0.29) is 17.9 Å². The first-order valence-electron chi connectivity index (χ1n) is 8.77. The molecule has 1 aliphatic carbocycles. The molecule has 2 amide bonds. The Morgan fingerprint density at radius 3 is 2.81 bits per heavy atom. The predicted molar refractivity (Wildman–Crippen MR) is 98.7 cm³/mol. The molecule has 0 radical (unpaired) electrons. The number of hydrogen-bond donors (Lipinski definition) is 3. The fourth-order valence-electron chi connectivity index (χ4n) is 3.00. The van der Waals surface area contributed by atoms with Gasteiger partial charge in [-0.3, -0.25) is 14.6 Å². The van der Waals surface area contributed by atoms with Crippen molar-refractivity contribution >= 4 is 22.7 Å². The van der Waals surface area contributed by atoms with Gasteiger partial charge >= 0.3 is 0 Å². The molecule has 1 atom stereocenters. The molecule has 1 saturated carbocycles. The van der Waals surface area contributed by atoms with E-state index in [1.165, 1.54) is 6.20 Å². The van der Waals surface area contributed by atoms with E-state index in [1.54, 1.807) is 18.3 Å². The number of amides is 2. The normalized spacial score (nSPS) is 14.8. The average molecular weight is 348 g/mol. The summed E-state index contributed by atoms with van der Waals surface area (Å²) in [5, 5.41) is 6.92. The van der Waals surface area contributed by atoms with Crippen molar-refractivity contribution in [2.45, 2.75) is 31.3 Å². The van der Waals surface area contributed by atoms with Crippen molar-refractivity contribution in [3.63, 3.8) is 0 Å². The van der Waals surface area contributed by atoms with Gasteiger partial charge in [-0.1, -0.05) is 18.2 Å². The lowest BCUT2D eigenvalue weighted by molar-refractivity contribution is -0.123. The lowest BCUT2D eigenvalue weighted by Crippen LogP contribution is -2.48. The van der Waals surface area contributed by atoms with Gasteiger partial charge in [0.25, 0.3) is 5.91 Å². The van der Waals surface area contributed by atoms with Gasteiger partial charge in [0.05, 0.1) is 5.56 Å². The molecule has 3 N–H and O–H groups in total. The van der Waals surface area contributed by atoms with Gasteiger partial charge in [-0.05, 0) is 36.6 Å². The fourth-order valence-corrected chi connectivity index (χ4v) is 3.00. The van der Waals surface area contributed by atoms with Crippen molar-refractivity contribution in [1.29, 1.82) is 0 Å². The maximum atomic E-state index is 12.7. The zero-order chi connectivity index (χ0) is 17.9. The highest BCUT2D eigenvalue weighted by molar-refractivity contribution is 5.97. The molecule has 6 heteroatoms. The summed E-state index contributed by atoms with van der Waals surface area (Å²) in [5.74, 6) is -0.441. The van der Waals surface area contributed by atoms with Gasteiger partial charge in [-0.25, -0.2) is 0 Å². The molecule has 1 fully saturated rings. The maximum Gasteiger partial charge on any atom is 0.253 e. The van der Waals surface area contributed by atoms with Crippen LogP contribution in [0.2, 0.25) is 0 Å². The number of benzene rings is 1. The third kappa shape index (κ3) is 3.59. The minimum absolute atomic E-state index is 0.143. The highest BCUT2D eigenvalue weighted by Gasteiger charge is 2.29. The van der Waals surface area contributed by atoms with Crippen LogP contribution in [0.3, 0.4) is 0 Å². The molecule has 26 heavy (non-hydrogen) atoms. The largest absolute Gasteiger partial charge is 0.361 e. The predicted octanol–water partition coefficient (Wildman–Crippen LogP) is 2.18. The van der Waals surface area contributed by atoms with Crippen LogP contribution in [0.15, 0.2) is 55.0 Å². The molecule has 0 unspecified atom stereocenters. The molecule has 132 valence electrons. The minimum atomic E-state index is -0.637. The number of para-hydroxylation sites is 1. The molecule has 3 aromatic rings. The average Bonchev–Trinajstić information content (AvgIpc) is 3.40. The number of nitrogens with one attached hydrogen (secondary N) is 3. The summed E-state index contributed by atoms with van der Waals surface area (Å²) in [6, 6.07) is 10.9. The molecule has 6 nitrogen and oxygen atoms in total. The minimum Gasteiger partial charge on any atom is -0.361 e. The van der Waals surface area contributed by atoms with Crippen molar-refractivity contribution in [3.8, 4) is 0 Å². The Hall–Kier alpha value is -3.15. The SMILES string of the molecule is O=C(N[C@@H](Cc1c[nH]c2ccccc12)C(=O)NC1CC1)c1cccnc1. The van der Waals surface area contributed by atoms with Crippen LogP contribution in [-0.4, -0.2) is 33.9 Å². The van der Waals surface area contributed by atoms with Gasteiger partial charge < -0.3 is 15.6 Å². The number of carbonyl (C=O) groups is 2. The molecule has 2 heterocycles. The van der Waals surface area contributed by atoms with E-state index in [2.05, 4.69) is 20.6 Å². The number of carbonyl (C=O) groups excluding carboxylic acids is 2. The van der Waals surface area contributed by atoms with E-state index in [0.717, 1.165) is 29.3 Å². The Morgan fingerprint density at radius 1 is 1.19 bits per heavy atom. The van der Waals surface area contributed by atoms with E-state index in [0.29, 0.717) is 12.0 Å². The topological polar surface area (TPSA) is 86.9 Å². The van der Waals surface area contributed by atoms with Crippen molar-refractivity contribution in [2.75, 3.05) is 0 Å². The molecule has 2 aromatic heterocycles. The first-order chi connectivity index (χ1) is 12.7. The number of rotatable bonds is 6. The highest BCUT2D eigenvalue weighted by Crippen LogP contribution is 2.21. The summed E-state index contributed by atoms with van der Waals surface area (Å²) in [6.07, 6.45) is 7.44. The number of H-pyrrole nitrogens is 1. The number of pyridine rings is 1. The Bertz CT molecular complexity index is 931. The Balaban J connectivity index is 1.56. The number of nitrogens with zero attached hydrogens (tertiary/aromatic N) is 1. The smallest absolute Gasteiger partial charge is 0.253 e. The van der Waals surface area contributed by atoms with Gasteiger partial charge in [0.1, 0.15) is 6.04 Å². The Kier molecular flexibility index (Phi) is 4.39. The molecule has 0 aliphatic heterocycles. The number of fused-ring (bicyclic) bond motifs is 1. The van der Waals surface area contributed by atoms with Gasteiger partial charge in [-0.15, -0.1) is 0 Å². The van der Waals surface area contributed by atoms with Gasteiger partial charge in [0.2, 0.25) is 5.91 Å². The van der Waals surface area contributed by atoms with Crippen LogP contribution in [0, 0.1) is 0 Å². The summed E-state index contributed by atoms with van der Waals surface area (Å²) in [7, 11) is 0. The molecule has 4 rings (SSSR count). The van der Waals surface area contributed by atoms with E-state index in [1.807, 2.05) is 30.5 Å². The second-order valence-electron chi connectivity index (χ2n) is 6.61. The molecule has 0 spiro atoms. The summed E-state index contributed by atoms with van der Waals surface area (Å²) >= 11 is 0. The van der Waals surface area contributed by atoms with E-state index < -0.39 is 6.04 Å². The molecule has 0 bridgehead atoms. The van der Waals surface area contributed by atoms with Crippen molar-refractivity contribution < 1.29 is 9.59 Å². The number of aromatic amines is 1. The summed E-state index contributed by atoms with van der Waals surface area (Å²) in [6.45, 7) is 0. The van der Waals surface area contributed by atoms with Gasteiger partial charge in [0.15, 0.2) is 0 Å². The molecule has 1 aromatic carbocycles. The number of aromatic nitrogens is 2. The zero-order valence-electron chi connectivity index (χ0n) is 14.2. The summed E-state index contributed by atoms with van der Waals surface area (Å²) in [4.78, 5) is 32.4. The second-order valence-corrected chi connectivity index (χ2v) is 6.61. The summed E-state index contributed by atoms with van der Waals surface area (Å²) < 4.78 is 0. The standard InChI is InChI=1S/C20H20N4O2/c25-19(13-4-3-9-21-11-13)24-18(20(26)23-15-7-8-15)10-14-12-22-17-6-2-1-5-16(14)17/h1-6,9,11-12,15,18,22H,7-8,10H2,(H,23,26)(H,24,25)/t18-/m0/s1. The monoisotopic (exact) mass is 348 g/mol. The quantitative estimate of drug-likeness (QED) is 0.638. The van der Waals surface area contributed by atoms with E-state index in [9.17, 15) is 9.59 Å². The summed E-state index contributed by atoms with van der Waals surface area (Å²) in [5.41, 5.74) is 2.46. The lowest BCUT2D eigenvalue weighted by atomic mass is 10.0. The number of hydrogen-bond acceptors (Lipinski definition) is 3. The van der Waals surface area contributed by atoms with Crippen LogP contribution in [0.25, 0.3) is 10.9 Å². The van der Waals surface area contributed by atoms with Crippen LogP contribution in [0.5, 0.6) is 0 Å². The van der Waals surface area contributed by atoms with Crippen LogP contribution in [0.4, 0.5) is 0 Å². The zero-order valence-corrected chi connectivity index (χ0v) is 14.2. The first kappa shape index (κ1) is 16.3. The van der Waals surface area contributed by atoms with Crippen molar-refractivity contribution in [2.24, 2.45) is 0 Å². The highest BCUT2D eigenvalue weighted by atomic mass is 16.2. The third-order valence-corrected chi connectivity index (χ3v) is 4.57. The molecular weight excluding hydrogens is 328 g/mol. The van der Waals surface area contributed by atoms with Crippen LogP contribution < -0.4 is 10.6 Å². The van der Waals surface area contributed by atoms with E-state index in [4.69, 9.17) is 0 Å². The van der Waals surface area contributed by atoms with Gasteiger partial charge in [0, 0.05) is 42.0 Å². The van der Waals surface area contributed by atoms with Crippen LogP contribution in [-0.2, 0) is 11.2 Å². The third-order valence-electron chi connectivity index (χ3n) is 4.57. The van der Waals surface area contributed by atoms with Gasteiger partial charge in [-0.2, -0.15) is 0 Å². The fraction of sp³-hybridized carbons (Fsp3) is 0.250. The van der Waals surface area contributed by atoms with E-state index >= 15 is 0 Å². The maximum absolute atomic E-state index is 12.7. The second kappa shape index (κ2) is 7.00. The molecule has 1 aliphatic rings. The molecular formula is C20H20N4O2. The van der Waals surface area contributed by atoms with Crippen LogP contribution in [0.1, 0.15) is 28.8 Å². The van der Waals surface area contributed by atoms with Crippen molar-refractivity contribution in [3.05, 3.63) is 66.1 Å². The van der Waals surface area contributed by atoms with Crippen molar-refractivity contribution in [1.82, 2.24) is 20.6 Å². The van der Waals surface area contributed by atoms with Crippen LogP contribution >= 0.6 is 0 Å². The Labute approximate surface area is 151 Å².